The molecule has 0 bridgehead atoms. The van der Waals surface area contributed by atoms with E-state index in [2.05, 4.69) is 43.5 Å². The van der Waals surface area contributed by atoms with Crippen molar-refractivity contribution in [3.8, 4) is 5.75 Å². The molecule has 2 unspecified atom stereocenters. The number of hydrogen-bond acceptors (Lipinski definition) is 3. The molecule has 0 radical (unpaired) electrons. The molecule has 1 heterocycles. The molecule has 0 aromatic heterocycles. The van der Waals surface area contributed by atoms with E-state index in [0.29, 0.717) is 0 Å². The summed E-state index contributed by atoms with van der Waals surface area (Å²) < 4.78 is 6.07. The minimum Gasteiger partial charge on any atom is -0.488 e. The van der Waals surface area contributed by atoms with E-state index < -0.39 is 0 Å². The molecule has 3 nitrogen and oxygen atoms in total. The zero-order valence-electron chi connectivity index (χ0n) is 11.9. The van der Waals surface area contributed by atoms with Gasteiger partial charge in [0, 0.05) is 6.42 Å². The summed E-state index contributed by atoms with van der Waals surface area (Å²) in [5.41, 5.74) is 7.88. The number of nitrogens with two attached hydrogens (primary N) is 1. The lowest BCUT2D eigenvalue weighted by Gasteiger charge is -2.24. The van der Waals surface area contributed by atoms with Crippen LogP contribution >= 0.6 is 0 Å². The molecule has 1 aliphatic heterocycles. The van der Waals surface area contributed by atoms with Crippen LogP contribution in [0, 0.1) is 13.8 Å². The number of hydrogen-bond donors (Lipinski definition) is 2. The third kappa shape index (κ3) is 2.30. The molecular weight excluding hydrogens is 248 g/mol. The molecule has 0 spiro atoms. The van der Waals surface area contributed by atoms with Crippen LogP contribution in [-0.4, -0.2) is 6.10 Å². The third-order valence-corrected chi connectivity index (χ3v) is 3.99. The van der Waals surface area contributed by atoms with E-state index in [1.807, 2.05) is 18.2 Å². The van der Waals surface area contributed by atoms with E-state index in [9.17, 15) is 0 Å². The number of fused-ring (bicyclic) bond motifs is 1. The van der Waals surface area contributed by atoms with Crippen LogP contribution in [0.1, 0.15) is 28.3 Å². The van der Waals surface area contributed by atoms with Gasteiger partial charge in [-0.1, -0.05) is 42.0 Å². The van der Waals surface area contributed by atoms with E-state index in [1.54, 1.807) is 0 Å². The first-order valence-electron chi connectivity index (χ1n) is 6.97. The van der Waals surface area contributed by atoms with Crippen molar-refractivity contribution in [3.63, 3.8) is 0 Å². The molecule has 0 aliphatic carbocycles. The molecule has 2 aromatic rings. The summed E-state index contributed by atoms with van der Waals surface area (Å²) in [5, 5.41) is 0. The summed E-state index contributed by atoms with van der Waals surface area (Å²) in [7, 11) is 0. The number of ether oxygens (including phenoxy) is 1. The maximum atomic E-state index is 6.07. The lowest BCUT2D eigenvalue weighted by molar-refractivity contribution is 0.178. The van der Waals surface area contributed by atoms with Crippen molar-refractivity contribution in [3.05, 3.63) is 64.7 Å². The number of nitrogens with one attached hydrogen (secondary N) is 1. The van der Waals surface area contributed by atoms with Gasteiger partial charge in [0.2, 0.25) is 0 Å². The molecule has 3 rings (SSSR count). The highest BCUT2D eigenvalue weighted by Gasteiger charge is 2.31. The Balaban J connectivity index is 1.91. The molecule has 2 aromatic carbocycles. The van der Waals surface area contributed by atoms with Gasteiger partial charge in [0.05, 0.1) is 6.04 Å². The zero-order chi connectivity index (χ0) is 14.1. The van der Waals surface area contributed by atoms with Crippen LogP contribution in [0.3, 0.4) is 0 Å². The standard InChI is InChI=1S/C17H20N2O/c1-11-7-8-12(2)14(9-11)17(19-18)16-10-13-5-3-4-6-15(13)20-16/h3-9,16-17,19H,10,18H2,1-2H3. The first-order chi connectivity index (χ1) is 9.69. The third-order valence-electron chi connectivity index (χ3n) is 3.99. The number of benzene rings is 2. The molecule has 0 fully saturated rings. The molecule has 0 saturated carbocycles. The number of rotatable bonds is 3. The van der Waals surface area contributed by atoms with Crippen LogP contribution in [0.4, 0.5) is 0 Å². The summed E-state index contributed by atoms with van der Waals surface area (Å²) >= 11 is 0. The Labute approximate surface area is 119 Å². The molecular formula is C17H20N2O. The maximum absolute atomic E-state index is 6.07. The van der Waals surface area contributed by atoms with Crippen LogP contribution in [0.15, 0.2) is 42.5 Å². The average Bonchev–Trinajstić information content (AvgIpc) is 2.87. The lowest BCUT2D eigenvalue weighted by atomic mass is 9.93. The molecule has 20 heavy (non-hydrogen) atoms. The van der Waals surface area contributed by atoms with E-state index >= 15 is 0 Å². The predicted molar refractivity (Wildman–Crippen MR) is 80.5 cm³/mol. The van der Waals surface area contributed by atoms with Crippen LogP contribution in [-0.2, 0) is 6.42 Å². The van der Waals surface area contributed by atoms with Crippen molar-refractivity contribution in [1.29, 1.82) is 0 Å². The average molecular weight is 268 g/mol. The summed E-state index contributed by atoms with van der Waals surface area (Å²) in [6.45, 7) is 4.21. The van der Waals surface area contributed by atoms with Gasteiger partial charge in [-0.3, -0.25) is 5.84 Å². The van der Waals surface area contributed by atoms with Crippen molar-refractivity contribution >= 4 is 0 Å². The van der Waals surface area contributed by atoms with Gasteiger partial charge >= 0.3 is 0 Å². The van der Waals surface area contributed by atoms with Gasteiger partial charge in [-0.25, -0.2) is 5.43 Å². The topological polar surface area (TPSA) is 47.3 Å². The van der Waals surface area contributed by atoms with Gasteiger partial charge in [0.25, 0.3) is 0 Å². The highest BCUT2D eigenvalue weighted by Crippen LogP contribution is 2.34. The van der Waals surface area contributed by atoms with Gasteiger partial charge in [-0.2, -0.15) is 0 Å². The Hall–Kier alpha value is -1.84. The highest BCUT2D eigenvalue weighted by atomic mass is 16.5. The quantitative estimate of drug-likeness (QED) is 0.664. The van der Waals surface area contributed by atoms with Crippen molar-refractivity contribution in [1.82, 2.24) is 5.43 Å². The summed E-state index contributed by atoms with van der Waals surface area (Å²) in [5.74, 6) is 6.78. The van der Waals surface area contributed by atoms with E-state index in [0.717, 1.165) is 12.2 Å². The van der Waals surface area contributed by atoms with E-state index in [-0.39, 0.29) is 12.1 Å². The van der Waals surface area contributed by atoms with Gasteiger partial charge in [-0.15, -0.1) is 0 Å². The number of aryl methyl sites for hydroxylation is 2. The minimum absolute atomic E-state index is 0.00213. The minimum atomic E-state index is 0.00213. The fourth-order valence-electron chi connectivity index (χ4n) is 2.89. The monoisotopic (exact) mass is 268 g/mol. The second kappa shape index (κ2) is 5.27. The first-order valence-corrected chi connectivity index (χ1v) is 6.97. The van der Waals surface area contributed by atoms with E-state index in [4.69, 9.17) is 10.6 Å². The molecule has 3 heteroatoms. The van der Waals surface area contributed by atoms with Gasteiger partial charge < -0.3 is 4.74 Å². The van der Waals surface area contributed by atoms with Crippen LogP contribution < -0.4 is 16.0 Å². The maximum Gasteiger partial charge on any atom is 0.124 e. The largest absolute Gasteiger partial charge is 0.488 e. The molecule has 3 N–H and O–H groups in total. The zero-order valence-corrected chi connectivity index (χ0v) is 11.9. The second-order valence-electron chi connectivity index (χ2n) is 5.47. The smallest absolute Gasteiger partial charge is 0.124 e. The molecule has 0 amide bonds. The summed E-state index contributed by atoms with van der Waals surface area (Å²) in [6.07, 6.45) is 0.927. The Kier molecular flexibility index (Phi) is 3.47. The lowest BCUT2D eigenvalue weighted by Crippen LogP contribution is -2.39. The predicted octanol–water partition coefficient (Wildman–Crippen LogP) is 2.81. The molecule has 104 valence electrons. The van der Waals surface area contributed by atoms with Crippen molar-refractivity contribution in [2.45, 2.75) is 32.4 Å². The van der Waals surface area contributed by atoms with Gasteiger partial charge in [0.1, 0.15) is 11.9 Å². The first kappa shape index (κ1) is 13.2. The second-order valence-corrected chi connectivity index (χ2v) is 5.47. The Morgan fingerprint density at radius 3 is 2.75 bits per heavy atom. The van der Waals surface area contributed by atoms with Crippen LogP contribution in [0.2, 0.25) is 0 Å². The van der Waals surface area contributed by atoms with E-state index in [1.165, 1.54) is 22.3 Å². The van der Waals surface area contributed by atoms with Gasteiger partial charge in [-0.05, 0) is 36.6 Å². The summed E-state index contributed by atoms with van der Waals surface area (Å²) in [4.78, 5) is 0. The normalized spacial score (nSPS) is 18.4. The Morgan fingerprint density at radius 2 is 2.00 bits per heavy atom. The van der Waals surface area contributed by atoms with Crippen molar-refractivity contribution in [2.24, 2.45) is 5.84 Å². The number of hydrazine groups is 1. The fraction of sp³-hybridized carbons (Fsp3) is 0.294. The fourth-order valence-corrected chi connectivity index (χ4v) is 2.89. The van der Waals surface area contributed by atoms with Crippen LogP contribution in [0.5, 0.6) is 5.75 Å². The highest BCUT2D eigenvalue weighted by molar-refractivity contribution is 5.40. The molecule has 1 aliphatic rings. The van der Waals surface area contributed by atoms with Gasteiger partial charge in [0.15, 0.2) is 0 Å². The Morgan fingerprint density at radius 1 is 1.20 bits per heavy atom. The van der Waals surface area contributed by atoms with Crippen molar-refractivity contribution in [2.75, 3.05) is 0 Å². The van der Waals surface area contributed by atoms with Crippen molar-refractivity contribution < 1.29 is 4.74 Å². The Bertz CT molecular complexity index is 599. The summed E-state index contributed by atoms with van der Waals surface area (Å²) in [6, 6.07) is 14.6. The van der Waals surface area contributed by atoms with Crippen LogP contribution in [0.25, 0.3) is 0 Å². The SMILES string of the molecule is Cc1ccc(C)c(C(NN)C2Cc3ccccc3O2)c1. The number of para-hydroxylation sites is 1. The molecule has 2 atom stereocenters. The molecule has 0 saturated heterocycles.